The van der Waals surface area contributed by atoms with Crippen LogP contribution in [0.5, 0.6) is 11.5 Å². The second-order valence-corrected chi connectivity index (χ2v) is 10.6. The number of carbonyl (C=O) groups excluding carboxylic acids is 2. The maximum absolute atomic E-state index is 12.7. The maximum Gasteiger partial charge on any atom is 0.343 e. The summed E-state index contributed by atoms with van der Waals surface area (Å²) in [7, 11) is 0. The number of ketones is 1. The van der Waals surface area contributed by atoms with Crippen LogP contribution in [0.25, 0.3) is 0 Å². The quantitative estimate of drug-likeness (QED) is 0.159. The lowest BCUT2D eigenvalue weighted by Crippen LogP contribution is -2.27. The number of esters is 1. The number of ether oxygens (including phenoxy) is 2. The van der Waals surface area contributed by atoms with E-state index in [1.54, 1.807) is 24.3 Å². The van der Waals surface area contributed by atoms with Crippen molar-refractivity contribution in [3.8, 4) is 11.5 Å². The molecule has 0 radical (unpaired) electrons. The number of Topliss-reactive ketones (excluding diaryl/α,β-unsaturated/α-hetero) is 1. The van der Waals surface area contributed by atoms with E-state index in [-0.39, 0.29) is 23.2 Å². The molecule has 0 aromatic heterocycles. The Balaban J connectivity index is 1.71. The van der Waals surface area contributed by atoms with Crippen molar-refractivity contribution < 1.29 is 19.1 Å². The molecule has 0 spiro atoms. The largest absolute Gasteiger partial charge is 0.488 e. The van der Waals surface area contributed by atoms with Crippen molar-refractivity contribution in [1.29, 1.82) is 0 Å². The molecule has 3 aromatic rings. The highest BCUT2D eigenvalue weighted by molar-refractivity contribution is 5.99. The van der Waals surface area contributed by atoms with Crippen LogP contribution in [0, 0.1) is 19.8 Å². The highest BCUT2D eigenvalue weighted by Gasteiger charge is 2.20. The van der Waals surface area contributed by atoms with Gasteiger partial charge in [0.1, 0.15) is 17.1 Å². The predicted molar refractivity (Wildman–Crippen MR) is 150 cm³/mol. The van der Waals surface area contributed by atoms with E-state index < -0.39 is 5.97 Å². The van der Waals surface area contributed by atoms with Gasteiger partial charge < -0.3 is 9.47 Å². The summed E-state index contributed by atoms with van der Waals surface area (Å²) in [4.78, 5) is 25.1. The van der Waals surface area contributed by atoms with Gasteiger partial charge in [0.25, 0.3) is 0 Å². The van der Waals surface area contributed by atoms with Crippen LogP contribution in [0.3, 0.4) is 0 Å². The predicted octanol–water partition coefficient (Wildman–Crippen LogP) is 8.47. The van der Waals surface area contributed by atoms with E-state index in [2.05, 4.69) is 58.9 Å². The summed E-state index contributed by atoms with van der Waals surface area (Å²) in [6.07, 6.45) is 1.72. The second-order valence-electron chi connectivity index (χ2n) is 10.6. The van der Waals surface area contributed by atoms with Crippen molar-refractivity contribution in [2.45, 2.75) is 79.8 Å². The van der Waals surface area contributed by atoms with Gasteiger partial charge in [-0.3, -0.25) is 4.79 Å². The van der Waals surface area contributed by atoms with Crippen LogP contribution < -0.4 is 9.47 Å². The van der Waals surface area contributed by atoms with Gasteiger partial charge in [0.05, 0.1) is 5.56 Å². The molecule has 0 aliphatic rings. The molecule has 0 amide bonds. The molecule has 0 N–H and O–H groups in total. The van der Waals surface area contributed by atoms with Crippen molar-refractivity contribution in [2.75, 3.05) is 0 Å². The fourth-order valence-corrected chi connectivity index (χ4v) is 4.07. The van der Waals surface area contributed by atoms with Crippen LogP contribution in [-0.4, -0.2) is 17.4 Å². The molecule has 2 unspecified atom stereocenters. The van der Waals surface area contributed by atoms with E-state index in [4.69, 9.17) is 9.47 Å². The molecule has 0 saturated heterocycles. The third-order valence-corrected chi connectivity index (χ3v) is 7.30. The molecule has 3 rings (SSSR count). The smallest absolute Gasteiger partial charge is 0.343 e. The van der Waals surface area contributed by atoms with Crippen LogP contribution in [0.4, 0.5) is 0 Å². The fraction of sp³-hybridized carbons (Fsp3) is 0.394. The van der Waals surface area contributed by atoms with Crippen molar-refractivity contribution >= 4 is 11.8 Å². The Morgan fingerprint density at radius 1 is 0.784 bits per heavy atom. The first kappa shape index (κ1) is 28.2. The first-order chi connectivity index (χ1) is 17.5. The molecular weight excluding hydrogens is 460 g/mol. The highest BCUT2D eigenvalue weighted by atomic mass is 16.5. The van der Waals surface area contributed by atoms with Crippen LogP contribution in [0.2, 0.25) is 0 Å². The molecular formula is C33H40O4. The summed E-state index contributed by atoms with van der Waals surface area (Å²) < 4.78 is 11.9. The van der Waals surface area contributed by atoms with Crippen LogP contribution in [0.15, 0.2) is 60.7 Å². The zero-order valence-electron chi connectivity index (χ0n) is 23.5. The molecule has 4 heteroatoms. The molecule has 196 valence electrons. The van der Waals surface area contributed by atoms with Gasteiger partial charge in [0.2, 0.25) is 0 Å². The lowest BCUT2D eigenvalue weighted by Gasteiger charge is -2.26. The topological polar surface area (TPSA) is 52.6 Å². The molecule has 0 bridgehead atoms. The van der Waals surface area contributed by atoms with Gasteiger partial charge in [-0.2, -0.15) is 0 Å². The summed E-state index contributed by atoms with van der Waals surface area (Å²) in [5.74, 6) is 1.23. The molecule has 0 aliphatic heterocycles. The number of hydrogen-bond donors (Lipinski definition) is 0. The Morgan fingerprint density at radius 3 is 1.78 bits per heavy atom. The van der Waals surface area contributed by atoms with Gasteiger partial charge in [0.15, 0.2) is 5.78 Å². The van der Waals surface area contributed by atoms with Crippen molar-refractivity contribution in [3.05, 3.63) is 94.0 Å². The van der Waals surface area contributed by atoms with Crippen LogP contribution in [0.1, 0.15) is 103 Å². The Kier molecular flexibility index (Phi) is 8.96. The number of hydrogen-bond acceptors (Lipinski definition) is 4. The fourth-order valence-electron chi connectivity index (χ4n) is 4.07. The van der Waals surface area contributed by atoms with Gasteiger partial charge >= 0.3 is 5.97 Å². The molecule has 0 saturated carbocycles. The molecule has 4 nitrogen and oxygen atoms in total. The molecule has 3 aromatic carbocycles. The second kappa shape index (κ2) is 11.8. The average molecular weight is 501 g/mol. The van der Waals surface area contributed by atoms with E-state index in [9.17, 15) is 9.59 Å². The molecule has 37 heavy (non-hydrogen) atoms. The number of rotatable bonds is 10. The van der Waals surface area contributed by atoms with Crippen LogP contribution in [-0.2, 0) is 0 Å². The first-order valence-corrected chi connectivity index (χ1v) is 13.2. The summed E-state index contributed by atoms with van der Waals surface area (Å²) in [6.45, 7) is 16.4. The Morgan fingerprint density at radius 2 is 1.30 bits per heavy atom. The third kappa shape index (κ3) is 6.88. The van der Waals surface area contributed by atoms with Gasteiger partial charge in [-0.25, -0.2) is 4.79 Å². The molecule has 0 fully saturated rings. The Hall–Kier alpha value is -3.40. The monoisotopic (exact) mass is 500 g/mol. The van der Waals surface area contributed by atoms with E-state index in [1.165, 1.54) is 5.56 Å². The standard InChI is InChI=1S/C33H40O4/c1-9-21(3)31(34)25-11-13-26(14-12-25)32(35)36-29-17-15-27(19-22(29)4)24(6)28-16-18-30(23(5)20-28)37-33(7,8)10-2/h11-21,24H,9-10H2,1-8H3. The van der Waals surface area contributed by atoms with Crippen molar-refractivity contribution in [2.24, 2.45) is 5.92 Å². The summed E-state index contributed by atoms with van der Waals surface area (Å²) in [6, 6.07) is 19.0. The lowest BCUT2D eigenvalue weighted by atomic mass is 9.91. The minimum atomic E-state index is -0.437. The zero-order chi connectivity index (χ0) is 27.3. The zero-order valence-corrected chi connectivity index (χ0v) is 23.5. The third-order valence-electron chi connectivity index (χ3n) is 7.30. The van der Waals surface area contributed by atoms with E-state index in [0.29, 0.717) is 16.9 Å². The van der Waals surface area contributed by atoms with Crippen LogP contribution >= 0.6 is 0 Å². The van der Waals surface area contributed by atoms with Crippen molar-refractivity contribution in [3.63, 3.8) is 0 Å². The SMILES string of the molecule is CCC(C)C(=O)c1ccc(C(=O)Oc2ccc(C(C)c3ccc(OC(C)(C)CC)c(C)c3)cc2C)cc1. The first-order valence-electron chi connectivity index (χ1n) is 13.2. The molecule has 2 atom stereocenters. The van der Waals surface area contributed by atoms with E-state index in [1.807, 2.05) is 32.9 Å². The minimum absolute atomic E-state index is 0.0373. The summed E-state index contributed by atoms with van der Waals surface area (Å²) in [5.41, 5.74) is 5.19. The van der Waals surface area contributed by atoms with Gasteiger partial charge in [0, 0.05) is 17.4 Å². The number of carbonyl (C=O) groups is 2. The van der Waals surface area contributed by atoms with Crippen molar-refractivity contribution in [1.82, 2.24) is 0 Å². The van der Waals surface area contributed by atoms with Gasteiger partial charge in [-0.15, -0.1) is 0 Å². The summed E-state index contributed by atoms with van der Waals surface area (Å²) >= 11 is 0. The Bertz CT molecular complexity index is 1250. The highest BCUT2D eigenvalue weighted by Crippen LogP contribution is 2.32. The molecule has 0 heterocycles. The molecule has 0 aliphatic carbocycles. The van der Waals surface area contributed by atoms with Gasteiger partial charge in [-0.1, -0.05) is 64.1 Å². The number of benzene rings is 3. The van der Waals surface area contributed by atoms with Gasteiger partial charge in [-0.05, 0) is 87.1 Å². The summed E-state index contributed by atoms with van der Waals surface area (Å²) in [5, 5.41) is 0. The number of aryl methyl sites for hydroxylation is 2. The lowest BCUT2D eigenvalue weighted by molar-refractivity contribution is 0.0732. The maximum atomic E-state index is 12.7. The normalized spacial score (nSPS) is 13.1. The Labute approximate surface area is 222 Å². The minimum Gasteiger partial charge on any atom is -0.488 e. The van der Waals surface area contributed by atoms with E-state index in [0.717, 1.165) is 35.3 Å². The van der Waals surface area contributed by atoms with E-state index >= 15 is 0 Å². The average Bonchev–Trinajstić information content (AvgIpc) is 2.89.